The molecule has 2 N–H and O–H groups in total. The van der Waals surface area contributed by atoms with Gasteiger partial charge in [-0.25, -0.2) is 0 Å². The third kappa shape index (κ3) is 5.03. The molecule has 0 aliphatic rings. The molecule has 0 aromatic heterocycles. The lowest BCUT2D eigenvalue weighted by atomic mass is 10.2. The lowest BCUT2D eigenvalue weighted by molar-refractivity contribution is -0.384. The average molecular weight is 343 g/mol. The Balaban J connectivity index is 2.01. The van der Waals surface area contributed by atoms with Gasteiger partial charge in [0, 0.05) is 23.3 Å². The van der Waals surface area contributed by atoms with Gasteiger partial charge in [0.1, 0.15) is 5.75 Å². The summed E-state index contributed by atoms with van der Waals surface area (Å²) in [4.78, 5) is 34.2. The summed E-state index contributed by atoms with van der Waals surface area (Å²) in [5.74, 6) is -0.660. The second-order valence-electron chi connectivity index (χ2n) is 5.41. The summed E-state index contributed by atoms with van der Waals surface area (Å²) in [5.41, 5.74) is 4.64. The van der Waals surface area contributed by atoms with E-state index in [9.17, 15) is 19.7 Å². The van der Waals surface area contributed by atoms with E-state index in [0.29, 0.717) is 11.3 Å². The number of carbonyl (C=O) groups excluding carboxylic acids is 2. The van der Waals surface area contributed by atoms with Crippen LogP contribution in [-0.2, 0) is 0 Å². The van der Waals surface area contributed by atoms with E-state index < -0.39 is 16.7 Å². The summed E-state index contributed by atoms with van der Waals surface area (Å²) >= 11 is 0. The molecular formula is C17H17N3O5. The number of nitro groups is 1. The van der Waals surface area contributed by atoms with Gasteiger partial charge in [0.25, 0.3) is 17.5 Å². The largest absolute Gasteiger partial charge is 0.491 e. The highest BCUT2D eigenvalue weighted by atomic mass is 16.6. The molecule has 0 heterocycles. The van der Waals surface area contributed by atoms with Gasteiger partial charge in [-0.2, -0.15) is 0 Å². The normalized spacial score (nSPS) is 10.2. The van der Waals surface area contributed by atoms with E-state index in [2.05, 4.69) is 10.9 Å². The van der Waals surface area contributed by atoms with Crippen molar-refractivity contribution in [3.63, 3.8) is 0 Å². The number of nitrogens with zero attached hydrogens (tertiary/aromatic N) is 1. The number of ether oxygens (including phenoxy) is 1. The van der Waals surface area contributed by atoms with Gasteiger partial charge in [-0.15, -0.1) is 0 Å². The van der Waals surface area contributed by atoms with Gasteiger partial charge in [-0.05, 0) is 38.1 Å². The van der Waals surface area contributed by atoms with Gasteiger partial charge in [0.15, 0.2) is 0 Å². The summed E-state index contributed by atoms with van der Waals surface area (Å²) in [6, 6.07) is 11.7. The van der Waals surface area contributed by atoms with Crippen LogP contribution >= 0.6 is 0 Å². The van der Waals surface area contributed by atoms with Gasteiger partial charge in [-0.3, -0.25) is 30.6 Å². The van der Waals surface area contributed by atoms with Crippen molar-refractivity contribution in [1.82, 2.24) is 10.9 Å². The first kappa shape index (κ1) is 17.9. The number of amides is 2. The maximum absolute atomic E-state index is 12.1. The minimum atomic E-state index is -0.661. The van der Waals surface area contributed by atoms with E-state index in [-0.39, 0.29) is 17.4 Å². The molecule has 0 unspecified atom stereocenters. The predicted molar refractivity (Wildman–Crippen MR) is 90.2 cm³/mol. The van der Waals surface area contributed by atoms with Gasteiger partial charge in [-0.1, -0.05) is 12.1 Å². The van der Waals surface area contributed by atoms with E-state index in [1.165, 1.54) is 18.2 Å². The SMILES string of the molecule is CC(C)Oc1cccc(C(=O)NNC(=O)c2cccc([N+](=O)[O-])c2)c1. The fourth-order valence-corrected chi connectivity index (χ4v) is 2.00. The van der Waals surface area contributed by atoms with Gasteiger partial charge < -0.3 is 4.74 Å². The Labute approximate surface area is 143 Å². The number of carbonyl (C=O) groups is 2. The molecule has 2 aromatic carbocycles. The number of rotatable bonds is 5. The Bertz CT molecular complexity index is 804. The van der Waals surface area contributed by atoms with Crippen LogP contribution in [0.15, 0.2) is 48.5 Å². The van der Waals surface area contributed by atoms with Crippen LogP contribution in [0.2, 0.25) is 0 Å². The van der Waals surface area contributed by atoms with Crippen LogP contribution < -0.4 is 15.6 Å². The van der Waals surface area contributed by atoms with Crippen molar-refractivity contribution in [2.24, 2.45) is 0 Å². The Morgan fingerprint density at radius 1 is 1.00 bits per heavy atom. The summed E-state index contributed by atoms with van der Waals surface area (Å²) in [6.07, 6.45) is -0.0353. The Morgan fingerprint density at radius 2 is 1.56 bits per heavy atom. The highest BCUT2D eigenvalue weighted by Crippen LogP contribution is 2.15. The van der Waals surface area contributed by atoms with Gasteiger partial charge in [0.05, 0.1) is 11.0 Å². The first-order valence-corrected chi connectivity index (χ1v) is 7.48. The summed E-state index contributed by atoms with van der Waals surface area (Å²) in [7, 11) is 0. The molecule has 2 aromatic rings. The van der Waals surface area contributed by atoms with Crippen LogP contribution in [0, 0.1) is 10.1 Å². The highest BCUT2D eigenvalue weighted by Gasteiger charge is 2.13. The molecule has 0 atom stereocenters. The summed E-state index contributed by atoms with van der Waals surface area (Å²) in [6.45, 7) is 3.73. The van der Waals surface area contributed by atoms with Crippen molar-refractivity contribution in [2.45, 2.75) is 20.0 Å². The lowest BCUT2D eigenvalue weighted by Crippen LogP contribution is -2.41. The van der Waals surface area contributed by atoms with Crippen LogP contribution in [0.1, 0.15) is 34.6 Å². The number of nitro benzene ring substituents is 1. The maximum Gasteiger partial charge on any atom is 0.270 e. The Kier molecular flexibility index (Phi) is 5.67. The van der Waals surface area contributed by atoms with Crippen molar-refractivity contribution in [3.8, 4) is 5.75 Å². The second kappa shape index (κ2) is 7.91. The smallest absolute Gasteiger partial charge is 0.270 e. The molecule has 25 heavy (non-hydrogen) atoms. The number of hydrazine groups is 1. The Hall–Kier alpha value is -3.42. The Morgan fingerprint density at radius 3 is 2.12 bits per heavy atom. The highest BCUT2D eigenvalue weighted by molar-refractivity contribution is 5.99. The fourth-order valence-electron chi connectivity index (χ4n) is 2.00. The van der Waals surface area contributed by atoms with Gasteiger partial charge >= 0.3 is 0 Å². The number of non-ortho nitro benzene ring substituents is 1. The molecule has 0 spiro atoms. The zero-order chi connectivity index (χ0) is 18.4. The quantitative estimate of drug-likeness (QED) is 0.640. The van der Waals surface area contributed by atoms with Gasteiger partial charge in [0.2, 0.25) is 0 Å². The molecule has 0 saturated carbocycles. The van der Waals surface area contributed by atoms with Crippen molar-refractivity contribution in [3.05, 3.63) is 69.8 Å². The summed E-state index contributed by atoms with van der Waals surface area (Å²) in [5, 5.41) is 10.7. The average Bonchev–Trinajstić information content (AvgIpc) is 2.59. The molecule has 0 fully saturated rings. The van der Waals surface area contributed by atoms with E-state index in [1.54, 1.807) is 24.3 Å². The third-order valence-electron chi connectivity index (χ3n) is 3.08. The van der Waals surface area contributed by atoms with Crippen molar-refractivity contribution in [2.75, 3.05) is 0 Å². The van der Waals surface area contributed by atoms with E-state index >= 15 is 0 Å². The van der Waals surface area contributed by atoms with Crippen LogP contribution in [-0.4, -0.2) is 22.8 Å². The molecule has 0 bridgehead atoms. The van der Waals surface area contributed by atoms with Crippen LogP contribution in [0.5, 0.6) is 5.75 Å². The number of nitrogens with one attached hydrogen (secondary N) is 2. The molecule has 0 aliphatic heterocycles. The van der Waals surface area contributed by atoms with E-state index in [1.807, 2.05) is 13.8 Å². The molecular weight excluding hydrogens is 326 g/mol. The number of hydrogen-bond acceptors (Lipinski definition) is 5. The zero-order valence-corrected chi connectivity index (χ0v) is 13.7. The second-order valence-corrected chi connectivity index (χ2v) is 5.41. The number of hydrogen-bond donors (Lipinski definition) is 2. The van der Waals surface area contributed by atoms with E-state index in [0.717, 1.165) is 6.07 Å². The lowest BCUT2D eigenvalue weighted by Gasteiger charge is -2.11. The third-order valence-corrected chi connectivity index (χ3v) is 3.08. The maximum atomic E-state index is 12.1. The molecule has 2 amide bonds. The molecule has 0 aliphatic carbocycles. The van der Waals surface area contributed by atoms with E-state index in [4.69, 9.17) is 4.74 Å². The minimum Gasteiger partial charge on any atom is -0.491 e. The molecule has 0 radical (unpaired) electrons. The monoisotopic (exact) mass is 343 g/mol. The standard InChI is InChI=1S/C17H17N3O5/c1-11(2)25-15-8-4-6-13(10-15)17(22)19-18-16(21)12-5-3-7-14(9-12)20(23)24/h3-11H,1-2H3,(H,18,21)(H,19,22). The molecule has 8 nitrogen and oxygen atoms in total. The number of benzene rings is 2. The topological polar surface area (TPSA) is 111 Å². The van der Waals surface area contributed by atoms with Crippen LogP contribution in [0.4, 0.5) is 5.69 Å². The van der Waals surface area contributed by atoms with Crippen molar-refractivity contribution >= 4 is 17.5 Å². The fraction of sp³-hybridized carbons (Fsp3) is 0.176. The zero-order valence-electron chi connectivity index (χ0n) is 13.7. The molecule has 8 heteroatoms. The van der Waals surface area contributed by atoms with Crippen molar-refractivity contribution < 1.29 is 19.2 Å². The minimum absolute atomic E-state index is 0.0353. The molecule has 2 rings (SSSR count). The van der Waals surface area contributed by atoms with Crippen LogP contribution in [0.3, 0.4) is 0 Å². The first-order chi connectivity index (χ1) is 11.9. The predicted octanol–water partition coefficient (Wildman–Crippen LogP) is 2.46. The van der Waals surface area contributed by atoms with Crippen LogP contribution in [0.25, 0.3) is 0 Å². The molecule has 130 valence electrons. The summed E-state index contributed by atoms with van der Waals surface area (Å²) < 4.78 is 5.50. The van der Waals surface area contributed by atoms with Crippen molar-refractivity contribution in [1.29, 1.82) is 0 Å². The molecule has 0 saturated heterocycles. The first-order valence-electron chi connectivity index (χ1n) is 7.48.